The van der Waals surface area contributed by atoms with Gasteiger partial charge in [0.25, 0.3) is 6.47 Å². The Morgan fingerprint density at radius 3 is 2.59 bits per heavy atom. The first-order chi connectivity index (χ1) is 8.15. The van der Waals surface area contributed by atoms with Gasteiger partial charge in [-0.1, -0.05) is 32.0 Å². The van der Waals surface area contributed by atoms with Gasteiger partial charge in [-0.05, 0) is 11.6 Å². The number of carbonyl (C=O) groups is 2. The van der Waals surface area contributed by atoms with Gasteiger partial charge in [0.1, 0.15) is 6.61 Å². The van der Waals surface area contributed by atoms with Crippen molar-refractivity contribution in [3.8, 4) is 0 Å². The number of alkyl halides is 1. The van der Waals surface area contributed by atoms with Crippen molar-refractivity contribution in [1.82, 2.24) is 0 Å². The van der Waals surface area contributed by atoms with Crippen molar-refractivity contribution in [2.75, 3.05) is 7.18 Å². The van der Waals surface area contributed by atoms with E-state index in [1.807, 2.05) is 19.9 Å². The number of ether oxygens (including phenoxy) is 1. The van der Waals surface area contributed by atoms with Crippen LogP contribution in [0.4, 0.5) is 4.39 Å². The zero-order valence-corrected chi connectivity index (χ0v) is 10.3. The summed E-state index contributed by atoms with van der Waals surface area (Å²) in [7, 11) is 0.500. The lowest BCUT2D eigenvalue weighted by molar-refractivity contribution is -0.129. The van der Waals surface area contributed by atoms with Crippen LogP contribution in [-0.4, -0.2) is 19.4 Å². The zero-order chi connectivity index (χ0) is 13.3. The molecule has 0 aliphatic rings. The fourth-order valence-electron chi connectivity index (χ4n) is 1.28. The van der Waals surface area contributed by atoms with Crippen molar-refractivity contribution in [3.63, 3.8) is 0 Å². The molecule has 17 heavy (non-hydrogen) atoms. The average molecular weight is 240 g/mol. The Labute approximate surface area is 101 Å². The number of hydrogen-bond acceptors (Lipinski definition) is 3. The monoisotopic (exact) mass is 240 g/mol. The molecule has 1 aromatic carbocycles. The number of ketones is 1. The van der Waals surface area contributed by atoms with Gasteiger partial charge in [-0.15, -0.1) is 0 Å². The van der Waals surface area contributed by atoms with E-state index in [0.717, 1.165) is 5.56 Å². The second-order valence-electron chi connectivity index (χ2n) is 3.63. The van der Waals surface area contributed by atoms with Crippen LogP contribution in [0.2, 0.25) is 0 Å². The second-order valence-corrected chi connectivity index (χ2v) is 3.63. The van der Waals surface area contributed by atoms with Gasteiger partial charge < -0.3 is 4.74 Å². The number of carbonyl (C=O) groups excluding carboxylic acids is 2. The Morgan fingerprint density at radius 1 is 1.41 bits per heavy atom. The minimum absolute atomic E-state index is 0.0211. The molecule has 0 aromatic heterocycles. The zero-order valence-electron chi connectivity index (χ0n) is 10.3. The van der Waals surface area contributed by atoms with Crippen LogP contribution in [-0.2, 0) is 16.1 Å². The van der Waals surface area contributed by atoms with Crippen LogP contribution in [0.5, 0.6) is 0 Å². The molecule has 0 spiro atoms. The highest BCUT2D eigenvalue weighted by atomic mass is 19.1. The van der Waals surface area contributed by atoms with E-state index in [-0.39, 0.29) is 18.3 Å². The summed E-state index contributed by atoms with van der Waals surface area (Å²) in [6, 6.07) is 7.14. The third-order valence-corrected chi connectivity index (χ3v) is 2.05. The normalized spacial score (nSPS) is 9.24. The maximum Gasteiger partial charge on any atom is 0.293 e. The molecule has 0 amide bonds. The molecule has 94 valence electrons. The van der Waals surface area contributed by atoms with Crippen LogP contribution in [0.25, 0.3) is 0 Å². The van der Waals surface area contributed by atoms with Gasteiger partial charge in [-0.3, -0.25) is 14.0 Å². The SMILES string of the molecule is CC(C)C(=O)c1cccc(COC=O)c1.CF. The first-order valence-corrected chi connectivity index (χ1v) is 5.21. The summed E-state index contributed by atoms with van der Waals surface area (Å²) in [5, 5.41) is 0. The van der Waals surface area contributed by atoms with Gasteiger partial charge in [0.15, 0.2) is 5.78 Å². The predicted octanol–water partition coefficient (Wildman–Crippen LogP) is 2.78. The first-order valence-electron chi connectivity index (χ1n) is 5.21. The Morgan fingerprint density at radius 2 is 2.06 bits per heavy atom. The maximum atomic E-state index is 11.7. The molecule has 0 fully saturated rings. The van der Waals surface area contributed by atoms with Crippen molar-refractivity contribution in [1.29, 1.82) is 0 Å². The highest BCUT2D eigenvalue weighted by Gasteiger charge is 2.10. The number of Topliss-reactive ketones (excluding diaryl/α,β-unsaturated/α-hetero) is 1. The Hall–Kier alpha value is -1.71. The minimum atomic E-state index is -0.0211. The predicted molar refractivity (Wildman–Crippen MR) is 63.5 cm³/mol. The third kappa shape index (κ3) is 5.24. The number of benzene rings is 1. The van der Waals surface area contributed by atoms with Crippen LogP contribution < -0.4 is 0 Å². The second kappa shape index (κ2) is 8.44. The van der Waals surface area contributed by atoms with Crippen molar-refractivity contribution >= 4 is 12.3 Å². The summed E-state index contributed by atoms with van der Waals surface area (Å²) in [5.74, 6) is 0.0789. The van der Waals surface area contributed by atoms with Gasteiger partial charge in [0.2, 0.25) is 0 Å². The summed E-state index contributed by atoms with van der Waals surface area (Å²) < 4.78 is 14.1. The fourth-order valence-corrected chi connectivity index (χ4v) is 1.28. The van der Waals surface area contributed by atoms with E-state index in [0.29, 0.717) is 19.2 Å². The average Bonchev–Trinajstić information content (AvgIpc) is 2.38. The molecule has 0 unspecified atom stereocenters. The molecule has 1 aromatic rings. The standard InChI is InChI=1S/C12H14O3.CH3F/c1-9(2)12(14)11-5-3-4-10(6-11)7-15-8-13;1-2/h3-6,8-9H,7H2,1-2H3;1H3. The topological polar surface area (TPSA) is 43.4 Å². The third-order valence-electron chi connectivity index (χ3n) is 2.05. The molecule has 0 saturated carbocycles. The molecule has 1 rings (SSSR count). The summed E-state index contributed by atoms with van der Waals surface area (Å²) in [6.07, 6.45) is 0. The molecule has 0 radical (unpaired) electrons. The van der Waals surface area contributed by atoms with Gasteiger partial charge in [-0.25, -0.2) is 0 Å². The highest BCUT2D eigenvalue weighted by molar-refractivity contribution is 5.97. The van der Waals surface area contributed by atoms with E-state index in [1.54, 1.807) is 18.2 Å². The molecule has 0 heterocycles. The molecule has 4 heteroatoms. The van der Waals surface area contributed by atoms with Crippen LogP contribution in [0, 0.1) is 5.92 Å². The van der Waals surface area contributed by atoms with E-state index in [4.69, 9.17) is 0 Å². The van der Waals surface area contributed by atoms with Crippen LogP contribution in [0.3, 0.4) is 0 Å². The van der Waals surface area contributed by atoms with Crippen molar-refractivity contribution in [3.05, 3.63) is 35.4 Å². The minimum Gasteiger partial charge on any atom is -0.463 e. The van der Waals surface area contributed by atoms with Crippen LogP contribution >= 0.6 is 0 Å². The first kappa shape index (κ1) is 15.3. The van der Waals surface area contributed by atoms with Crippen molar-refractivity contribution in [2.45, 2.75) is 20.5 Å². The fraction of sp³-hybridized carbons (Fsp3) is 0.385. The van der Waals surface area contributed by atoms with Crippen LogP contribution in [0.1, 0.15) is 29.8 Å². The smallest absolute Gasteiger partial charge is 0.293 e. The van der Waals surface area contributed by atoms with Gasteiger partial charge >= 0.3 is 0 Å². The molecule has 0 atom stereocenters. The quantitative estimate of drug-likeness (QED) is 0.587. The molecule has 0 N–H and O–H groups in total. The van der Waals surface area contributed by atoms with Gasteiger partial charge in [-0.2, -0.15) is 0 Å². The summed E-state index contributed by atoms with van der Waals surface area (Å²) in [5.41, 5.74) is 1.49. The van der Waals surface area contributed by atoms with E-state index in [1.165, 1.54) is 0 Å². The largest absolute Gasteiger partial charge is 0.463 e. The molecular weight excluding hydrogens is 223 g/mol. The van der Waals surface area contributed by atoms with Gasteiger partial charge in [0.05, 0.1) is 7.18 Å². The molecule has 3 nitrogen and oxygen atoms in total. The Kier molecular flexibility index (Phi) is 7.59. The van der Waals surface area contributed by atoms with E-state index in [9.17, 15) is 14.0 Å². The van der Waals surface area contributed by atoms with Crippen molar-refractivity contribution < 1.29 is 18.7 Å². The van der Waals surface area contributed by atoms with E-state index in [2.05, 4.69) is 4.74 Å². The molecule has 0 saturated heterocycles. The van der Waals surface area contributed by atoms with Crippen molar-refractivity contribution in [2.24, 2.45) is 5.92 Å². The number of halogens is 1. The van der Waals surface area contributed by atoms with E-state index >= 15 is 0 Å². The lowest BCUT2D eigenvalue weighted by Gasteiger charge is -2.06. The highest BCUT2D eigenvalue weighted by Crippen LogP contribution is 2.11. The maximum absolute atomic E-state index is 11.7. The molecule has 0 aliphatic heterocycles. The number of hydrogen-bond donors (Lipinski definition) is 0. The summed E-state index contributed by atoms with van der Waals surface area (Å²) in [6.45, 7) is 4.33. The van der Waals surface area contributed by atoms with Crippen LogP contribution in [0.15, 0.2) is 24.3 Å². The molecular formula is C13H17FO3. The summed E-state index contributed by atoms with van der Waals surface area (Å²) >= 11 is 0. The lowest BCUT2D eigenvalue weighted by Crippen LogP contribution is -2.07. The molecule has 0 bridgehead atoms. The molecule has 0 aliphatic carbocycles. The van der Waals surface area contributed by atoms with E-state index < -0.39 is 0 Å². The Bertz CT molecular complexity index is 361. The Balaban J connectivity index is 0.00000121. The van der Waals surface area contributed by atoms with Gasteiger partial charge in [0, 0.05) is 11.5 Å². The summed E-state index contributed by atoms with van der Waals surface area (Å²) in [4.78, 5) is 21.7. The number of rotatable bonds is 5. The lowest BCUT2D eigenvalue weighted by atomic mass is 10.00.